The van der Waals surface area contributed by atoms with Crippen LogP contribution in [0.25, 0.3) is 0 Å². The van der Waals surface area contributed by atoms with Crippen molar-refractivity contribution in [2.24, 2.45) is 0 Å². The molecule has 84 valence electrons. The summed E-state index contributed by atoms with van der Waals surface area (Å²) in [4.78, 5) is 10.9. The second-order valence-corrected chi connectivity index (χ2v) is 2.43. The van der Waals surface area contributed by atoms with E-state index in [1.54, 1.807) is 38.4 Å². The molecule has 0 bridgehead atoms. The first kappa shape index (κ1) is 13.3. The first-order valence-electron chi connectivity index (χ1n) is 4.89. The molecule has 0 saturated heterocycles. The maximum Gasteiger partial charge on any atom is 0.318 e. The average Bonchev–Trinajstić information content (AvgIpc) is 2.32. The van der Waals surface area contributed by atoms with Crippen molar-refractivity contribution in [3.63, 3.8) is 0 Å². The van der Waals surface area contributed by atoms with E-state index >= 15 is 0 Å². The molecule has 1 aromatic rings. The molecule has 0 radical (unpaired) electrons. The van der Waals surface area contributed by atoms with Crippen molar-refractivity contribution in [2.75, 3.05) is 19.5 Å². The van der Waals surface area contributed by atoms with E-state index in [2.05, 4.69) is 10.6 Å². The fraction of sp³-hybridized carbons (Fsp3) is 0.364. The van der Waals surface area contributed by atoms with Crippen LogP contribution in [0.1, 0.15) is 13.8 Å². The van der Waals surface area contributed by atoms with Gasteiger partial charge in [-0.25, -0.2) is 4.79 Å². The second-order valence-electron chi connectivity index (χ2n) is 2.43. The molecular weight excluding hydrogens is 192 g/mol. The van der Waals surface area contributed by atoms with Gasteiger partial charge >= 0.3 is 6.03 Å². The summed E-state index contributed by atoms with van der Waals surface area (Å²) in [6.07, 6.45) is 0. The van der Waals surface area contributed by atoms with Crippen LogP contribution in [0.3, 0.4) is 0 Å². The van der Waals surface area contributed by atoms with Crippen molar-refractivity contribution in [3.8, 4) is 5.75 Å². The number of rotatable bonds is 2. The fourth-order valence-electron chi connectivity index (χ4n) is 0.868. The number of carbonyl (C=O) groups excluding carboxylic acids is 1. The molecule has 0 fully saturated rings. The summed E-state index contributed by atoms with van der Waals surface area (Å²) in [5, 5.41) is 5.10. The summed E-state index contributed by atoms with van der Waals surface area (Å²) in [5.74, 6) is 0.766. The van der Waals surface area contributed by atoms with Crippen molar-refractivity contribution in [1.82, 2.24) is 5.32 Å². The highest BCUT2D eigenvalue weighted by molar-refractivity contribution is 5.88. The Labute approximate surface area is 90.6 Å². The molecule has 2 amide bonds. The number of carbonyl (C=O) groups is 1. The first-order chi connectivity index (χ1) is 7.26. The van der Waals surface area contributed by atoms with Crippen molar-refractivity contribution in [2.45, 2.75) is 13.8 Å². The lowest BCUT2D eigenvalue weighted by molar-refractivity contribution is 0.254. The summed E-state index contributed by atoms with van der Waals surface area (Å²) >= 11 is 0. The lowest BCUT2D eigenvalue weighted by atomic mass is 10.3. The Morgan fingerprint density at radius 3 is 2.13 bits per heavy atom. The maximum atomic E-state index is 10.9. The van der Waals surface area contributed by atoms with Gasteiger partial charge in [-0.3, -0.25) is 0 Å². The van der Waals surface area contributed by atoms with Crippen LogP contribution in [0.2, 0.25) is 0 Å². The summed E-state index contributed by atoms with van der Waals surface area (Å²) in [5.41, 5.74) is 0.736. The normalized spacial score (nSPS) is 8.27. The molecule has 0 spiro atoms. The predicted molar refractivity (Wildman–Crippen MR) is 62.4 cm³/mol. The van der Waals surface area contributed by atoms with E-state index < -0.39 is 0 Å². The van der Waals surface area contributed by atoms with E-state index in [-0.39, 0.29) is 6.03 Å². The molecule has 4 heteroatoms. The van der Waals surface area contributed by atoms with E-state index in [9.17, 15) is 4.79 Å². The van der Waals surface area contributed by atoms with Gasteiger partial charge in [0.2, 0.25) is 0 Å². The van der Waals surface area contributed by atoms with Gasteiger partial charge in [0.05, 0.1) is 7.11 Å². The number of amides is 2. The van der Waals surface area contributed by atoms with E-state index in [4.69, 9.17) is 4.74 Å². The van der Waals surface area contributed by atoms with E-state index in [1.165, 1.54) is 0 Å². The van der Waals surface area contributed by atoms with Gasteiger partial charge in [0.1, 0.15) is 5.75 Å². The minimum absolute atomic E-state index is 0.231. The van der Waals surface area contributed by atoms with E-state index in [0.29, 0.717) is 0 Å². The Bertz CT molecular complexity index is 283. The van der Waals surface area contributed by atoms with Gasteiger partial charge in [-0.2, -0.15) is 0 Å². The molecule has 0 heterocycles. The van der Waals surface area contributed by atoms with Gasteiger partial charge in [0, 0.05) is 12.7 Å². The second kappa shape index (κ2) is 7.67. The third-order valence-corrected chi connectivity index (χ3v) is 1.57. The van der Waals surface area contributed by atoms with Gasteiger partial charge in [-0.1, -0.05) is 13.8 Å². The Hall–Kier alpha value is -1.71. The number of urea groups is 1. The van der Waals surface area contributed by atoms with Gasteiger partial charge in [-0.05, 0) is 24.3 Å². The fourth-order valence-corrected chi connectivity index (χ4v) is 0.868. The molecule has 4 nitrogen and oxygen atoms in total. The summed E-state index contributed by atoms with van der Waals surface area (Å²) in [6, 6.07) is 6.88. The lowest BCUT2D eigenvalue weighted by Gasteiger charge is -2.04. The smallest absolute Gasteiger partial charge is 0.318 e. The number of benzene rings is 1. The lowest BCUT2D eigenvalue weighted by Crippen LogP contribution is -2.24. The standard InChI is InChI=1S/C9H12N2O2.C2H6/c1-10-9(12)11-7-3-5-8(13-2)6-4-7;1-2/h3-6H,1-2H3,(H2,10,11,12);1-2H3. The van der Waals surface area contributed by atoms with Gasteiger partial charge in [0.15, 0.2) is 0 Å². The Morgan fingerprint density at radius 2 is 1.73 bits per heavy atom. The molecule has 0 atom stereocenters. The van der Waals surface area contributed by atoms with Crippen LogP contribution in [0.5, 0.6) is 5.75 Å². The largest absolute Gasteiger partial charge is 0.497 e. The third-order valence-electron chi connectivity index (χ3n) is 1.57. The van der Waals surface area contributed by atoms with Crippen molar-refractivity contribution < 1.29 is 9.53 Å². The summed E-state index contributed by atoms with van der Waals surface area (Å²) in [6.45, 7) is 4.00. The summed E-state index contributed by atoms with van der Waals surface area (Å²) in [7, 11) is 3.17. The maximum absolute atomic E-state index is 10.9. The van der Waals surface area contributed by atoms with Crippen molar-refractivity contribution in [1.29, 1.82) is 0 Å². The Morgan fingerprint density at radius 1 is 1.20 bits per heavy atom. The zero-order valence-electron chi connectivity index (χ0n) is 9.63. The highest BCUT2D eigenvalue weighted by Crippen LogP contribution is 2.14. The van der Waals surface area contributed by atoms with Crippen LogP contribution in [0, 0.1) is 0 Å². The Balaban J connectivity index is 0.000000921. The zero-order chi connectivity index (χ0) is 11.7. The minimum Gasteiger partial charge on any atom is -0.497 e. The zero-order valence-corrected chi connectivity index (χ0v) is 9.63. The molecule has 2 N–H and O–H groups in total. The van der Waals surface area contributed by atoms with E-state index in [0.717, 1.165) is 11.4 Å². The molecule has 0 aliphatic rings. The summed E-state index contributed by atoms with van der Waals surface area (Å²) < 4.78 is 4.97. The minimum atomic E-state index is -0.231. The molecule has 0 aromatic heterocycles. The van der Waals surface area contributed by atoms with Gasteiger partial charge < -0.3 is 15.4 Å². The first-order valence-corrected chi connectivity index (χ1v) is 4.89. The molecule has 15 heavy (non-hydrogen) atoms. The topological polar surface area (TPSA) is 50.4 Å². The number of nitrogens with one attached hydrogen (secondary N) is 2. The monoisotopic (exact) mass is 210 g/mol. The number of hydrogen-bond acceptors (Lipinski definition) is 2. The third kappa shape index (κ3) is 4.90. The quantitative estimate of drug-likeness (QED) is 0.787. The molecule has 0 saturated carbocycles. The molecular formula is C11H18N2O2. The molecule has 0 unspecified atom stereocenters. The van der Waals surface area contributed by atoms with Gasteiger partial charge in [-0.15, -0.1) is 0 Å². The highest BCUT2D eigenvalue weighted by atomic mass is 16.5. The van der Waals surface area contributed by atoms with Gasteiger partial charge in [0.25, 0.3) is 0 Å². The van der Waals surface area contributed by atoms with Crippen LogP contribution < -0.4 is 15.4 Å². The van der Waals surface area contributed by atoms with Crippen molar-refractivity contribution in [3.05, 3.63) is 24.3 Å². The molecule has 0 aliphatic heterocycles. The Kier molecular flexibility index (Phi) is 6.80. The van der Waals surface area contributed by atoms with Crippen LogP contribution in [-0.4, -0.2) is 20.2 Å². The van der Waals surface area contributed by atoms with Crippen LogP contribution in [0.15, 0.2) is 24.3 Å². The number of methoxy groups -OCH3 is 1. The van der Waals surface area contributed by atoms with E-state index in [1.807, 2.05) is 13.8 Å². The predicted octanol–water partition coefficient (Wildman–Crippen LogP) is 2.47. The average molecular weight is 210 g/mol. The molecule has 1 rings (SSSR count). The molecule has 0 aliphatic carbocycles. The number of hydrogen-bond donors (Lipinski definition) is 2. The molecule has 1 aromatic carbocycles. The SMILES string of the molecule is CC.CNC(=O)Nc1ccc(OC)cc1. The number of ether oxygens (including phenoxy) is 1. The van der Waals surface area contributed by atoms with Crippen LogP contribution in [0.4, 0.5) is 10.5 Å². The highest BCUT2D eigenvalue weighted by Gasteiger charge is 1.97. The number of anilines is 1. The van der Waals surface area contributed by atoms with Crippen LogP contribution >= 0.6 is 0 Å². The van der Waals surface area contributed by atoms with Crippen LogP contribution in [-0.2, 0) is 0 Å². The van der Waals surface area contributed by atoms with Crippen molar-refractivity contribution >= 4 is 11.7 Å².